The molecule has 67 heavy (non-hydrogen) atoms. The highest BCUT2D eigenvalue weighted by molar-refractivity contribution is 6.12. The summed E-state index contributed by atoms with van der Waals surface area (Å²) in [4.78, 5) is 4.49. The van der Waals surface area contributed by atoms with Gasteiger partial charge in [0, 0.05) is 79.4 Å². The van der Waals surface area contributed by atoms with Crippen molar-refractivity contribution < 1.29 is 8.78 Å². The Kier molecular flexibility index (Phi) is 9.97. The molecule has 2 unspecified atom stereocenters. The summed E-state index contributed by atoms with van der Waals surface area (Å²) in [5, 5.41) is 4.72. The number of para-hydroxylation sites is 3. The van der Waals surface area contributed by atoms with Crippen molar-refractivity contribution in [1.29, 1.82) is 0 Å². The molecule has 0 saturated heterocycles. The van der Waals surface area contributed by atoms with Gasteiger partial charge in [0.15, 0.2) is 0 Å². The molecule has 0 N–H and O–H groups in total. The van der Waals surface area contributed by atoms with Gasteiger partial charge >= 0.3 is 0 Å². The van der Waals surface area contributed by atoms with Crippen LogP contribution in [0.2, 0.25) is 0 Å². The number of allylic oxidation sites excluding steroid dienone is 10. The van der Waals surface area contributed by atoms with Gasteiger partial charge in [-0.1, -0.05) is 97.1 Å². The Morgan fingerprint density at radius 1 is 0.567 bits per heavy atom. The SMILES string of the molecule is CC1(F)C=CC(N(c2ccc(C3C=CC(N(c4ccc(F)cc4)c4ccc5c(c4)c4ccccc4n5-c4ccccc4)=CC3)cc2)c2ccc3c(c2)c2ccccc2n3C2=CC=CCC2)=CC1. The van der Waals surface area contributed by atoms with Gasteiger partial charge in [0.05, 0.1) is 22.1 Å². The predicted octanol–water partition coefficient (Wildman–Crippen LogP) is 16.7. The summed E-state index contributed by atoms with van der Waals surface area (Å²) in [5.41, 5.74) is 12.8. The second kappa shape index (κ2) is 16.5. The third kappa shape index (κ3) is 7.30. The second-order valence-electron chi connectivity index (χ2n) is 18.1. The molecule has 326 valence electrons. The quantitative estimate of drug-likeness (QED) is 0.144. The van der Waals surface area contributed by atoms with Gasteiger partial charge in [-0.25, -0.2) is 8.78 Å². The van der Waals surface area contributed by atoms with Crippen molar-refractivity contribution in [2.45, 2.75) is 44.2 Å². The summed E-state index contributed by atoms with van der Waals surface area (Å²) in [6, 6.07) is 56.6. The Hall–Kier alpha value is -7.96. The lowest BCUT2D eigenvalue weighted by molar-refractivity contribution is 0.259. The van der Waals surface area contributed by atoms with Crippen molar-refractivity contribution in [3.63, 3.8) is 0 Å². The van der Waals surface area contributed by atoms with Crippen molar-refractivity contribution in [3.8, 4) is 5.69 Å². The number of alkyl halides is 1. The highest BCUT2D eigenvalue weighted by Gasteiger charge is 2.26. The summed E-state index contributed by atoms with van der Waals surface area (Å²) in [6.45, 7) is 1.63. The van der Waals surface area contributed by atoms with Crippen molar-refractivity contribution in [1.82, 2.24) is 9.13 Å². The number of benzene rings is 7. The van der Waals surface area contributed by atoms with Crippen LogP contribution in [-0.2, 0) is 0 Å². The molecule has 7 aromatic carbocycles. The van der Waals surface area contributed by atoms with Gasteiger partial charge in [-0.05, 0) is 153 Å². The zero-order chi connectivity index (χ0) is 45.1. The van der Waals surface area contributed by atoms with Crippen LogP contribution in [0.15, 0.2) is 230 Å². The van der Waals surface area contributed by atoms with Crippen molar-refractivity contribution in [3.05, 3.63) is 241 Å². The average Bonchev–Trinajstić information content (AvgIpc) is 3.88. The Morgan fingerprint density at radius 3 is 1.73 bits per heavy atom. The van der Waals surface area contributed by atoms with Crippen LogP contribution < -0.4 is 9.80 Å². The number of hydrogen-bond acceptors (Lipinski definition) is 2. The largest absolute Gasteiger partial charge is 0.313 e. The number of aromatic nitrogens is 2. The molecule has 9 aromatic rings. The van der Waals surface area contributed by atoms with Crippen LogP contribution in [0.1, 0.15) is 44.1 Å². The predicted molar refractivity (Wildman–Crippen MR) is 276 cm³/mol. The van der Waals surface area contributed by atoms with Gasteiger partial charge < -0.3 is 18.9 Å². The van der Waals surface area contributed by atoms with Gasteiger partial charge in [-0.15, -0.1) is 0 Å². The Labute approximate surface area is 389 Å². The summed E-state index contributed by atoms with van der Waals surface area (Å²) >= 11 is 0. The first-order chi connectivity index (χ1) is 32.9. The number of nitrogens with zero attached hydrogens (tertiary/aromatic N) is 4. The Bertz CT molecular complexity index is 3560. The van der Waals surface area contributed by atoms with Gasteiger partial charge in [0.25, 0.3) is 0 Å². The van der Waals surface area contributed by atoms with Crippen LogP contribution in [0.5, 0.6) is 0 Å². The molecular formula is C61H48F2N4. The first-order valence-electron chi connectivity index (χ1n) is 23.3. The maximum Gasteiger partial charge on any atom is 0.130 e. The molecule has 2 aromatic heterocycles. The normalized spacial score (nSPS) is 18.1. The fraction of sp³-hybridized carbons (Fsp3) is 0.115. The minimum Gasteiger partial charge on any atom is -0.313 e. The molecule has 6 heteroatoms. The number of hydrogen-bond donors (Lipinski definition) is 0. The molecule has 2 atom stereocenters. The Balaban J connectivity index is 0.878. The monoisotopic (exact) mass is 874 g/mol. The third-order valence-electron chi connectivity index (χ3n) is 13.7. The maximum atomic E-state index is 15.2. The molecule has 0 spiro atoms. The number of halogens is 2. The van der Waals surface area contributed by atoms with E-state index in [0.717, 1.165) is 75.5 Å². The molecule has 0 fully saturated rings. The van der Waals surface area contributed by atoms with Gasteiger partial charge in [0.2, 0.25) is 0 Å². The van der Waals surface area contributed by atoms with Gasteiger partial charge in [0.1, 0.15) is 11.5 Å². The summed E-state index contributed by atoms with van der Waals surface area (Å²) in [7, 11) is 0. The molecule has 12 rings (SSSR count). The number of anilines is 4. The van der Waals surface area contributed by atoms with E-state index in [-0.39, 0.29) is 11.7 Å². The van der Waals surface area contributed by atoms with E-state index in [1.807, 2.05) is 30.4 Å². The number of rotatable bonds is 9. The van der Waals surface area contributed by atoms with E-state index < -0.39 is 5.67 Å². The topological polar surface area (TPSA) is 16.3 Å². The summed E-state index contributed by atoms with van der Waals surface area (Å²) < 4.78 is 34.3. The van der Waals surface area contributed by atoms with Crippen LogP contribution in [-0.4, -0.2) is 14.8 Å². The minimum absolute atomic E-state index is 0.153. The average molecular weight is 875 g/mol. The standard InChI is InChI=1S/C61H48F2N4/c1-61(63)38-36-50(37-39-61)65(52-33-35-60-56(41-52)54-17-9-11-19-58(54)67(60)46-14-6-3-7-15-46)48-28-22-43(23-29-48)42-20-26-47(27-21-42)64(49-30-24-44(62)25-31-49)51-32-34-59-55(40-51)53-16-8-10-18-57(53)66(59)45-12-4-2-5-13-45/h2-6,8-14,16-20,22-38,40-42H,7,15,21,39H2,1H3. The second-order valence-corrected chi connectivity index (χ2v) is 18.1. The van der Waals surface area contributed by atoms with E-state index in [4.69, 9.17) is 0 Å². The summed E-state index contributed by atoms with van der Waals surface area (Å²) in [5.74, 6) is -0.115. The van der Waals surface area contributed by atoms with E-state index in [1.54, 1.807) is 13.0 Å². The van der Waals surface area contributed by atoms with Crippen LogP contribution in [0.4, 0.5) is 31.5 Å². The lowest BCUT2D eigenvalue weighted by Gasteiger charge is -2.31. The molecule has 2 heterocycles. The maximum absolute atomic E-state index is 15.2. The first-order valence-corrected chi connectivity index (χ1v) is 23.3. The van der Waals surface area contributed by atoms with E-state index in [9.17, 15) is 4.39 Å². The van der Waals surface area contributed by atoms with Crippen molar-refractivity contribution >= 4 is 72.1 Å². The third-order valence-corrected chi connectivity index (χ3v) is 13.7. The smallest absolute Gasteiger partial charge is 0.130 e. The lowest BCUT2D eigenvalue weighted by atomic mass is 9.91. The fourth-order valence-corrected chi connectivity index (χ4v) is 10.4. The van der Waals surface area contributed by atoms with Crippen LogP contribution in [0, 0.1) is 5.82 Å². The van der Waals surface area contributed by atoms with Crippen LogP contribution in [0.25, 0.3) is 55.0 Å². The molecule has 0 aliphatic heterocycles. The van der Waals surface area contributed by atoms with E-state index >= 15 is 4.39 Å². The first kappa shape index (κ1) is 40.5. The van der Waals surface area contributed by atoms with Crippen LogP contribution in [0.3, 0.4) is 0 Å². The molecule has 0 radical (unpaired) electrons. The van der Waals surface area contributed by atoms with E-state index in [2.05, 4.69) is 189 Å². The lowest BCUT2D eigenvalue weighted by Crippen LogP contribution is -2.22. The highest BCUT2D eigenvalue weighted by Crippen LogP contribution is 2.43. The molecule has 0 bridgehead atoms. The Morgan fingerprint density at radius 2 is 1.13 bits per heavy atom. The molecule has 3 aliphatic carbocycles. The fourth-order valence-electron chi connectivity index (χ4n) is 10.4. The van der Waals surface area contributed by atoms with E-state index in [1.165, 1.54) is 50.6 Å². The molecule has 0 amide bonds. The van der Waals surface area contributed by atoms with Crippen molar-refractivity contribution in [2.24, 2.45) is 0 Å². The van der Waals surface area contributed by atoms with E-state index in [0.29, 0.717) is 6.42 Å². The van der Waals surface area contributed by atoms with Gasteiger partial charge in [-0.3, -0.25) is 0 Å². The van der Waals surface area contributed by atoms with Gasteiger partial charge in [-0.2, -0.15) is 0 Å². The zero-order valence-electron chi connectivity index (χ0n) is 37.2. The zero-order valence-corrected chi connectivity index (χ0v) is 37.2. The molecule has 0 saturated carbocycles. The molecular weight excluding hydrogens is 827 g/mol. The molecule has 4 nitrogen and oxygen atoms in total. The summed E-state index contributed by atoms with van der Waals surface area (Å²) in [6.07, 6.45) is 22.1. The van der Waals surface area contributed by atoms with Crippen LogP contribution >= 0.6 is 0 Å². The highest BCUT2D eigenvalue weighted by atomic mass is 19.1. The minimum atomic E-state index is -1.39. The van der Waals surface area contributed by atoms with Crippen molar-refractivity contribution in [2.75, 3.05) is 9.80 Å². The number of fused-ring (bicyclic) bond motifs is 6. The molecule has 3 aliphatic rings.